The van der Waals surface area contributed by atoms with Crippen LogP contribution in [-0.4, -0.2) is 70.7 Å². The summed E-state index contributed by atoms with van der Waals surface area (Å²) in [4.78, 5) is 87.6. The van der Waals surface area contributed by atoms with Crippen LogP contribution in [0.25, 0.3) is 0 Å². The van der Waals surface area contributed by atoms with Crippen molar-refractivity contribution in [1.29, 1.82) is 0 Å². The Bertz CT molecular complexity index is 1650. The maximum atomic E-state index is 13.4. The summed E-state index contributed by atoms with van der Waals surface area (Å²) in [7, 11) is 0. The quantitative estimate of drug-likeness (QED) is 0.0491. The van der Waals surface area contributed by atoms with Crippen LogP contribution in [0.1, 0.15) is 146 Å². The highest BCUT2D eigenvalue weighted by atomic mass is 16.4. The molecule has 336 valence electrons. The molecule has 6 amide bonds. The number of amides is 6. The van der Waals surface area contributed by atoms with Gasteiger partial charge in [-0.05, 0) is 36.3 Å². The highest BCUT2D eigenvalue weighted by Crippen LogP contribution is 2.27. The minimum atomic E-state index is -1.26. The number of hydrogen-bond acceptors (Lipinski definition) is 7. The molecule has 14 nitrogen and oxygen atoms in total. The lowest BCUT2D eigenvalue weighted by Gasteiger charge is -2.28. The summed E-state index contributed by atoms with van der Waals surface area (Å²) in [5, 5.41) is 20.4. The molecule has 0 aliphatic heterocycles. The Morgan fingerprint density at radius 1 is 0.525 bits per heavy atom. The van der Waals surface area contributed by atoms with Crippen molar-refractivity contribution < 1.29 is 38.7 Å². The molecular weight excluding hydrogens is 777 g/mol. The van der Waals surface area contributed by atoms with Crippen molar-refractivity contribution in [3.8, 4) is 0 Å². The van der Waals surface area contributed by atoms with Crippen LogP contribution in [0.5, 0.6) is 0 Å². The Morgan fingerprint density at radius 2 is 0.934 bits per heavy atom. The zero-order valence-electron chi connectivity index (χ0n) is 35.9. The number of primary amides is 2. The van der Waals surface area contributed by atoms with Gasteiger partial charge in [0.05, 0.1) is 6.42 Å². The second kappa shape index (κ2) is 29.1. The van der Waals surface area contributed by atoms with E-state index in [2.05, 4.69) is 21.3 Å². The zero-order valence-corrected chi connectivity index (χ0v) is 35.9. The maximum absolute atomic E-state index is 13.4. The van der Waals surface area contributed by atoms with Crippen LogP contribution in [0.15, 0.2) is 60.7 Å². The summed E-state index contributed by atoms with van der Waals surface area (Å²) >= 11 is 0. The van der Waals surface area contributed by atoms with Crippen molar-refractivity contribution >= 4 is 41.4 Å². The lowest BCUT2D eigenvalue weighted by atomic mass is 9.84. The van der Waals surface area contributed by atoms with Crippen molar-refractivity contribution in [2.45, 2.75) is 172 Å². The van der Waals surface area contributed by atoms with Crippen molar-refractivity contribution in [3.05, 3.63) is 71.8 Å². The number of nitrogens with one attached hydrogen (secondary N) is 4. The standard InChI is InChI=1S/C47H70N6O8/c48-41(54)33-39(46(59)53-40(47(60)61)32-36-26-18-13-19-27-36)51-43(56)29-21-10-8-6-4-2-1-3-5-7-9-20-28-42(55)50-38(31-35-24-16-12-17-25-35)45(58)52-37(44(49)57)30-34-22-14-11-15-23-34/h11,13-15,18-19,22-23,26-27,35,37-40H,1-10,12,16-17,20-21,24-25,28-33H2,(H2,48,54)(H2,49,57)(H,50,55)(H,51,56)(H,52,58)(H,53,59)(H,60,61)/t37-,38-,39-,40-/m0/s1. The fourth-order valence-electron chi connectivity index (χ4n) is 7.94. The Kier molecular flexibility index (Phi) is 23.9. The summed E-state index contributed by atoms with van der Waals surface area (Å²) in [6.07, 6.45) is 18.3. The molecule has 0 spiro atoms. The van der Waals surface area contributed by atoms with Gasteiger partial charge in [0.1, 0.15) is 24.2 Å². The Hall–Kier alpha value is -5.27. The van der Waals surface area contributed by atoms with E-state index in [0.29, 0.717) is 31.6 Å². The molecule has 14 heteroatoms. The van der Waals surface area contributed by atoms with E-state index in [0.717, 1.165) is 107 Å². The molecule has 0 radical (unpaired) electrons. The van der Waals surface area contributed by atoms with E-state index in [4.69, 9.17) is 11.5 Å². The predicted molar refractivity (Wildman–Crippen MR) is 234 cm³/mol. The van der Waals surface area contributed by atoms with Gasteiger partial charge in [0.25, 0.3) is 0 Å². The first-order chi connectivity index (χ1) is 29.4. The Balaban J connectivity index is 1.24. The third-order valence-corrected chi connectivity index (χ3v) is 11.4. The van der Waals surface area contributed by atoms with Crippen LogP contribution < -0.4 is 32.7 Å². The van der Waals surface area contributed by atoms with E-state index in [-0.39, 0.29) is 24.7 Å². The number of carboxylic acid groups (broad SMARTS) is 1. The number of benzene rings is 2. The Morgan fingerprint density at radius 3 is 1.38 bits per heavy atom. The molecule has 1 fully saturated rings. The summed E-state index contributed by atoms with van der Waals surface area (Å²) in [5.41, 5.74) is 12.6. The van der Waals surface area contributed by atoms with E-state index in [1.807, 2.05) is 30.3 Å². The summed E-state index contributed by atoms with van der Waals surface area (Å²) in [5.74, 6) is -3.93. The lowest BCUT2D eigenvalue weighted by Crippen LogP contribution is -2.54. The fraction of sp³-hybridized carbons (Fsp3) is 0.596. The average Bonchev–Trinajstić information content (AvgIpc) is 3.23. The van der Waals surface area contributed by atoms with Gasteiger partial charge in [-0.25, -0.2) is 4.79 Å². The number of carbonyl (C=O) groups excluding carboxylic acids is 6. The summed E-state index contributed by atoms with van der Waals surface area (Å²) in [6.45, 7) is 0. The predicted octanol–water partition coefficient (Wildman–Crippen LogP) is 5.29. The highest BCUT2D eigenvalue weighted by Gasteiger charge is 2.30. The smallest absolute Gasteiger partial charge is 0.326 e. The van der Waals surface area contributed by atoms with Crippen LogP contribution in [0.3, 0.4) is 0 Å². The summed E-state index contributed by atoms with van der Waals surface area (Å²) in [6, 6.07) is 14.2. The first-order valence-corrected chi connectivity index (χ1v) is 22.5. The minimum absolute atomic E-state index is 0.0482. The second-order valence-corrected chi connectivity index (χ2v) is 16.6. The molecular formula is C47H70N6O8. The van der Waals surface area contributed by atoms with Gasteiger partial charge in [0.15, 0.2) is 0 Å². The minimum Gasteiger partial charge on any atom is -0.480 e. The molecule has 1 aliphatic carbocycles. The van der Waals surface area contributed by atoms with Crippen molar-refractivity contribution in [3.63, 3.8) is 0 Å². The van der Waals surface area contributed by atoms with Gasteiger partial charge in [0.2, 0.25) is 35.4 Å². The van der Waals surface area contributed by atoms with Gasteiger partial charge in [-0.2, -0.15) is 0 Å². The molecule has 3 rings (SSSR count). The van der Waals surface area contributed by atoms with Crippen LogP contribution in [0.2, 0.25) is 0 Å². The van der Waals surface area contributed by atoms with Crippen molar-refractivity contribution in [2.75, 3.05) is 0 Å². The van der Waals surface area contributed by atoms with Crippen LogP contribution in [0, 0.1) is 5.92 Å². The van der Waals surface area contributed by atoms with Gasteiger partial charge < -0.3 is 37.8 Å². The van der Waals surface area contributed by atoms with E-state index >= 15 is 0 Å². The molecule has 9 N–H and O–H groups in total. The first kappa shape index (κ1) is 50.1. The van der Waals surface area contributed by atoms with E-state index in [9.17, 15) is 38.7 Å². The van der Waals surface area contributed by atoms with Crippen LogP contribution in [-0.2, 0) is 46.4 Å². The molecule has 0 heterocycles. The fourth-order valence-corrected chi connectivity index (χ4v) is 7.94. The molecule has 4 atom stereocenters. The second-order valence-electron chi connectivity index (χ2n) is 16.6. The third-order valence-electron chi connectivity index (χ3n) is 11.4. The highest BCUT2D eigenvalue weighted by molar-refractivity contribution is 5.94. The number of carboxylic acids is 1. The number of unbranched alkanes of at least 4 members (excludes halogenated alkanes) is 11. The van der Waals surface area contributed by atoms with Gasteiger partial charge in [-0.1, -0.05) is 157 Å². The van der Waals surface area contributed by atoms with Gasteiger partial charge >= 0.3 is 5.97 Å². The van der Waals surface area contributed by atoms with Gasteiger partial charge in [-0.15, -0.1) is 0 Å². The van der Waals surface area contributed by atoms with Gasteiger partial charge in [0, 0.05) is 25.7 Å². The molecule has 2 aromatic carbocycles. The number of rotatable bonds is 31. The SMILES string of the molecule is NC(=O)C[C@H](NC(=O)CCCCCCCCCCCCCCC(=O)N[C@@H](CC1CCCCC1)C(=O)N[C@@H](Cc1ccccc1)C(N)=O)C(=O)N[C@@H](Cc1ccccc1)C(=O)O. The number of nitrogens with two attached hydrogens (primary N) is 2. The normalized spacial score (nSPS) is 14.8. The monoisotopic (exact) mass is 847 g/mol. The molecule has 0 aromatic heterocycles. The summed E-state index contributed by atoms with van der Waals surface area (Å²) < 4.78 is 0. The number of carbonyl (C=O) groups is 7. The van der Waals surface area contributed by atoms with E-state index in [1.54, 1.807) is 30.3 Å². The maximum Gasteiger partial charge on any atom is 0.326 e. The molecule has 1 saturated carbocycles. The van der Waals surface area contributed by atoms with E-state index in [1.165, 1.54) is 6.42 Å². The van der Waals surface area contributed by atoms with Crippen LogP contribution >= 0.6 is 0 Å². The van der Waals surface area contributed by atoms with Crippen molar-refractivity contribution in [2.24, 2.45) is 17.4 Å². The average molecular weight is 847 g/mol. The molecule has 0 unspecified atom stereocenters. The number of aliphatic carboxylic acids is 1. The largest absolute Gasteiger partial charge is 0.480 e. The van der Waals surface area contributed by atoms with Crippen molar-refractivity contribution in [1.82, 2.24) is 21.3 Å². The van der Waals surface area contributed by atoms with Crippen LogP contribution in [0.4, 0.5) is 0 Å². The lowest BCUT2D eigenvalue weighted by molar-refractivity contribution is -0.142. The Labute approximate surface area is 361 Å². The zero-order chi connectivity index (χ0) is 44.2. The number of hydrogen-bond donors (Lipinski definition) is 7. The molecule has 0 saturated heterocycles. The third kappa shape index (κ3) is 21.7. The van der Waals surface area contributed by atoms with Gasteiger partial charge in [-0.3, -0.25) is 28.8 Å². The molecule has 0 bridgehead atoms. The molecule has 61 heavy (non-hydrogen) atoms. The van der Waals surface area contributed by atoms with E-state index < -0.39 is 60.2 Å². The molecule has 2 aromatic rings. The first-order valence-electron chi connectivity index (χ1n) is 22.5. The molecule has 1 aliphatic rings. The topological polar surface area (TPSA) is 240 Å².